The number of hydrogen-bond donors (Lipinski definition) is 2. The molecule has 0 aliphatic carbocycles. The average molecular weight is 422 g/mol. The van der Waals surface area contributed by atoms with E-state index in [4.69, 9.17) is 9.94 Å². The summed E-state index contributed by atoms with van der Waals surface area (Å²) in [6.07, 6.45) is 6.96. The van der Waals surface area contributed by atoms with E-state index in [-0.39, 0.29) is 12.0 Å². The van der Waals surface area contributed by atoms with Crippen LogP contribution in [0.4, 0.5) is 0 Å². The van der Waals surface area contributed by atoms with Gasteiger partial charge in [0.05, 0.1) is 12.7 Å². The minimum absolute atomic E-state index is 0.0553. The van der Waals surface area contributed by atoms with Crippen LogP contribution in [-0.4, -0.2) is 61.0 Å². The molecule has 0 aromatic heterocycles. The number of nitrogens with one attached hydrogen (secondary N) is 1. The molecule has 0 unspecified atom stereocenters. The first-order chi connectivity index (χ1) is 13.9. The normalized spacial score (nSPS) is 18.9. The largest absolute Gasteiger partial charge is 0.373 e. The summed E-state index contributed by atoms with van der Waals surface area (Å²) < 4.78 is 33.3. The Morgan fingerprint density at radius 3 is 2.72 bits per heavy atom. The molecule has 0 saturated carbocycles. The van der Waals surface area contributed by atoms with Gasteiger partial charge in [-0.2, -0.15) is 0 Å². The van der Waals surface area contributed by atoms with Gasteiger partial charge in [-0.1, -0.05) is 29.8 Å². The number of sulfonamides is 1. The topological polar surface area (TPSA) is 82.1 Å². The number of piperidine rings is 1. The van der Waals surface area contributed by atoms with Gasteiger partial charge in [-0.05, 0) is 49.5 Å². The lowest BCUT2D eigenvalue weighted by molar-refractivity contribution is 0.00987. The Kier molecular flexibility index (Phi) is 7.48. The van der Waals surface area contributed by atoms with E-state index >= 15 is 0 Å². The maximum absolute atomic E-state index is 12.8. The molecule has 29 heavy (non-hydrogen) atoms. The molecule has 2 aliphatic rings. The Labute approximate surface area is 173 Å². The van der Waals surface area contributed by atoms with Gasteiger partial charge in [-0.15, -0.1) is 0 Å². The summed E-state index contributed by atoms with van der Waals surface area (Å²) in [5.41, 5.74) is 6.68. The van der Waals surface area contributed by atoms with Crippen molar-refractivity contribution in [2.75, 3.05) is 32.1 Å². The molecule has 160 valence electrons. The average Bonchev–Trinajstić information content (AvgIpc) is 2.69. The minimum Gasteiger partial charge on any atom is -0.373 e. The molecule has 8 heteroatoms. The Morgan fingerprint density at radius 1 is 1.24 bits per heavy atom. The van der Waals surface area contributed by atoms with E-state index in [0.717, 1.165) is 5.57 Å². The Bertz CT molecular complexity index is 859. The van der Waals surface area contributed by atoms with Crippen molar-refractivity contribution in [3.63, 3.8) is 0 Å². The van der Waals surface area contributed by atoms with Crippen LogP contribution < -0.4 is 5.48 Å². The standard InChI is InChI=1S/C21H31N3O4S/c1-17-5-6-18(2)20(12-17)15-28-21-7-10-24(11-8-21)29(26,27)16-23-9-3-4-19(14-23)13-22-25/h3-6,9,12,21-22,25H,7-8,10-11,13-16H2,1-2H3. The molecular formula is C21H31N3O4S. The maximum Gasteiger partial charge on any atom is 0.232 e. The molecule has 0 spiro atoms. The number of hydrogen-bond acceptors (Lipinski definition) is 6. The third kappa shape index (κ3) is 6.13. The summed E-state index contributed by atoms with van der Waals surface area (Å²) in [5.74, 6) is -0.0553. The van der Waals surface area contributed by atoms with Gasteiger partial charge in [-0.25, -0.2) is 18.2 Å². The van der Waals surface area contributed by atoms with Gasteiger partial charge in [0.25, 0.3) is 0 Å². The highest BCUT2D eigenvalue weighted by molar-refractivity contribution is 7.89. The van der Waals surface area contributed by atoms with E-state index in [0.29, 0.717) is 45.6 Å². The van der Waals surface area contributed by atoms with Gasteiger partial charge in [-0.3, -0.25) is 0 Å². The molecule has 3 rings (SSSR count). The predicted octanol–water partition coefficient (Wildman–Crippen LogP) is 2.31. The lowest BCUT2D eigenvalue weighted by Gasteiger charge is -2.33. The first-order valence-electron chi connectivity index (χ1n) is 10.00. The van der Waals surface area contributed by atoms with Crippen molar-refractivity contribution in [2.45, 2.75) is 39.4 Å². The van der Waals surface area contributed by atoms with Crippen LogP contribution in [0, 0.1) is 13.8 Å². The maximum atomic E-state index is 12.8. The molecule has 1 saturated heterocycles. The second kappa shape index (κ2) is 9.86. The minimum atomic E-state index is -3.38. The number of aryl methyl sites for hydroxylation is 2. The monoisotopic (exact) mass is 421 g/mol. The van der Waals surface area contributed by atoms with Crippen molar-refractivity contribution in [1.82, 2.24) is 14.7 Å². The number of ether oxygens (including phenoxy) is 1. The molecule has 2 heterocycles. The summed E-state index contributed by atoms with van der Waals surface area (Å²) in [6.45, 7) is 6.50. The number of rotatable bonds is 8. The van der Waals surface area contributed by atoms with Crippen molar-refractivity contribution < 1.29 is 18.4 Å². The summed E-state index contributed by atoms with van der Waals surface area (Å²) in [4.78, 5) is 1.76. The first-order valence-corrected chi connectivity index (χ1v) is 11.6. The lowest BCUT2D eigenvalue weighted by Crippen LogP contribution is -2.45. The molecule has 1 aromatic carbocycles. The highest BCUT2D eigenvalue weighted by atomic mass is 32.2. The van der Waals surface area contributed by atoms with Crippen LogP contribution in [0.25, 0.3) is 0 Å². The number of benzene rings is 1. The fraction of sp³-hybridized carbons (Fsp3) is 0.524. The third-order valence-corrected chi connectivity index (χ3v) is 7.25. The van der Waals surface area contributed by atoms with Gasteiger partial charge in [0.1, 0.15) is 5.88 Å². The molecule has 0 radical (unpaired) electrons. The Hall–Kier alpha value is -1.71. The van der Waals surface area contributed by atoms with Crippen LogP contribution >= 0.6 is 0 Å². The Balaban J connectivity index is 1.47. The summed E-state index contributed by atoms with van der Waals surface area (Å²) in [7, 11) is -3.38. The van der Waals surface area contributed by atoms with Crippen molar-refractivity contribution in [2.24, 2.45) is 0 Å². The zero-order valence-corrected chi connectivity index (χ0v) is 18.0. The molecular weight excluding hydrogens is 390 g/mol. The molecule has 0 amide bonds. The number of allylic oxidation sites excluding steroid dienone is 2. The van der Waals surface area contributed by atoms with Crippen LogP contribution in [0.15, 0.2) is 42.1 Å². The molecule has 2 N–H and O–H groups in total. The quantitative estimate of drug-likeness (QED) is 0.627. The molecule has 0 atom stereocenters. The van der Waals surface area contributed by atoms with Crippen LogP contribution in [0.5, 0.6) is 0 Å². The summed E-state index contributed by atoms with van der Waals surface area (Å²) in [6, 6.07) is 6.35. The zero-order valence-electron chi connectivity index (χ0n) is 17.2. The van der Waals surface area contributed by atoms with E-state index in [1.165, 1.54) is 16.7 Å². The van der Waals surface area contributed by atoms with Gasteiger partial charge < -0.3 is 14.8 Å². The smallest absolute Gasteiger partial charge is 0.232 e. The summed E-state index contributed by atoms with van der Waals surface area (Å²) >= 11 is 0. The lowest BCUT2D eigenvalue weighted by atomic mass is 10.1. The van der Waals surface area contributed by atoms with Gasteiger partial charge in [0, 0.05) is 32.4 Å². The third-order valence-electron chi connectivity index (χ3n) is 5.44. The van der Waals surface area contributed by atoms with Gasteiger partial charge in [0.2, 0.25) is 10.0 Å². The van der Waals surface area contributed by atoms with E-state index in [1.54, 1.807) is 21.5 Å². The van der Waals surface area contributed by atoms with E-state index in [2.05, 4.69) is 37.5 Å². The summed E-state index contributed by atoms with van der Waals surface area (Å²) in [5, 5.41) is 8.84. The Morgan fingerprint density at radius 2 is 2.00 bits per heavy atom. The van der Waals surface area contributed by atoms with Crippen LogP contribution in [0.3, 0.4) is 0 Å². The molecule has 1 aromatic rings. The van der Waals surface area contributed by atoms with E-state index in [1.807, 2.05) is 6.08 Å². The highest BCUT2D eigenvalue weighted by Crippen LogP contribution is 2.21. The molecule has 0 bridgehead atoms. The zero-order chi connectivity index (χ0) is 20.9. The van der Waals surface area contributed by atoms with Crippen molar-refractivity contribution >= 4 is 10.0 Å². The SMILES string of the molecule is Cc1ccc(C)c(COC2CCN(S(=O)(=O)CN3C=CC=C(CNO)C3)CC2)c1. The van der Waals surface area contributed by atoms with Crippen molar-refractivity contribution in [1.29, 1.82) is 0 Å². The molecule has 1 fully saturated rings. The molecule has 7 nitrogen and oxygen atoms in total. The van der Waals surface area contributed by atoms with E-state index in [9.17, 15) is 8.42 Å². The van der Waals surface area contributed by atoms with Crippen molar-refractivity contribution in [3.8, 4) is 0 Å². The highest BCUT2D eigenvalue weighted by Gasteiger charge is 2.29. The number of nitrogens with zero attached hydrogens (tertiary/aromatic N) is 2. The van der Waals surface area contributed by atoms with E-state index < -0.39 is 10.0 Å². The van der Waals surface area contributed by atoms with Crippen LogP contribution in [0.1, 0.15) is 29.5 Å². The second-order valence-electron chi connectivity index (χ2n) is 7.83. The van der Waals surface area contributed by atoms with Gasteiger partial charge in [0.15, 0.2) is 0 Å². The molecule has 2 aliphatic heterocycles. The second-order valence-corrected chi connectivity index (χ2v) is 9.77. The number of hydroxylamine groups is 1. The fourth-order valence-corrected chi connectivity index (χ4v) is 5.23. The van der Waals surface area contributed by atoms with Gasteiger partial charge >= 0.3 is 0 Å². The fourth-order valence-electron chi connectivity index (χ4n) is 3.70. The predicted molar refractivity (Wildman–Crippen MR) is 113 cm³/mol. The first kappa shape index (κ1) is 22.0. The van der Waals surface area contributed by atoms with Crippen LogP contribution in [-0.2, 0) is 21.4 Å². The van der Waals surface area contributed by atoms with Crippen molar-refractivity contribution in [3.05, 3.63) is 58.8 Å². The van der Waals surface area contributed by atoms with Crippen LogP contribution in [0.2, 0.25) is 0 Å².